The molecule has 0 rings (SSSR count). The molecule has 0 aromatic rings. The summed E-state index contributed by atoms with van der Waals surface area (Å²) < 4.78 is 0. The van der Waals surface area contributed by atoms with E-state index in [1.807, 2.05) is 0 Å². The Hall–Kier alpha value is -0.630. The lowest BCUT2D eigenvalue weighted by molar-refractivity contribution is 1.38. The zero-order valence-electron chi connectivity index (χ0n) is 4.69. The second-order valence-electron chi connectivity index (χ2n) is 1.39. The highest BCUT2D eigenvalue weighted by Gasteiger charge is 1.84. The Kier molecular flexibility index (Phi) is 3.12. The molecule has 4 N–H and O–H groups in total. The monoisotopic (exact) mass is 132 g/mol. The quantitative estimate of drug-likeness (QED) is 0.411. The fourth-order valence-corrected chi connectivity index (χ4v) is 0.287. The van der Waals surface area contributed by atoms with Crippen molar-refractivity contribution in [3.05, 3.63) is 23.0 Å². The lowest BCUT2D eigenvalue weighted by Gasteiger charge is -1.89. The second kappa shape index (κ2) is 3.38. The average molecular weight is 133 g/mol. The zero-order valence-corrected chi connectivity index (χ0v) is 5.44. The van der Waals surface area contributed by atoms with Crippen molar-refractivity contribution in [2.75, 3.05) is 0 Å². The maximum atomic E-state index is 5.36. The summed E-state index contributed by atoms with van der Waals surface area (Å²) in [6.45, 7) is 1.78. The van der Waals surface area contributed by atoms with Crippen molar-refractivity contribution in [1.29, 1.82) is 0 Å². The Morgan fingerprint density at radius 1 is 1.62 bits per heavy atom. The molecule has 0 aliphatic heterocycles. The first-order valence-corrected chi connectivity index (χ1v) is 2.56. The highest BCUT2D eigenvalue weighted by molar-refractivity contribution is 6.29. The van der Waals surface area contributed by atoms with Crippen LogP contribution in [-0.2, 0) is 0 Å². The van der Waals surface area contributed by atoms with Gasteiger partial charge in [0.2, 0.25) is 0 Å². The molecule has 8 heavy (non-hydrogen) atoms. The summed E-state index contributed by atoms with van der Waals surface area (Å²) in [5, 5.41) is 0.284. The molecule has 0 atom stereocenters. The predicted molar refractivity (Wildman–Crippen MR) is 36.1 cm³/mol. The summed E-state index contributed by atoms with van der Waals surface area (Å²) in [5.41, 5.74) is 11.0. The Bertz CT molecular complexity index is 122. The van der Waals surface area contributed by atoms with Gasteiger partial charge in [0.25, 0.3) is 0 Å². The van der Waals surface area contributed by atoms with Crippen LogP contribution in [0.15, 0.2) is 23.0 Å². The molecule has 0 aromatic heterocycles. The molecule has 0 saturated heterocycles. The van der Waals surface area contributed by atoms with Crippen LogP contribution in [0.3, 0.4) is 0 Å². The number of rotatable bonds is 1. The normalized spacial score (nSPS) is 14.2. The van der Waals surface area contributed by atoms with E-state index in [1.165, 1.54) is 6.20 Å². The molecule has 0 radical (unpaired) electrons. The van der Waals surface area contributed by atoms with Crippen molar-refractivity contribution in [1.82, 2.24) is 0 Å². The molecule has 0 fully saturated rings. The number of allylic oxidation sites excluding steroid dienone is 2. The Morgan fingerprint density at radius 2 is 2.12 bits per heavy atom. The first-order chi connectivity index (χ1) is 3.68. The second-order valence-corrected chi connectivity index (χ2v) is 1.80. The SMILES string of the molecule is CC(/C=C\N)=C(/N)Cl. The molecule has 0 aromatic carbocycles. The minimum absolute atomic E-state index is 0.284. The first kappa shape index (κ1) is 7.37. The van der Waals surface area contributed by atoms with Gasteiger partial charge in [-0.05, 0) is 24.8 Å². The van der Waals surface area contributed by atoms with Gasteiger partial charge in [-0.25, -0.2) is 0 Å². The molecule has 0 aliphatic carbocycles. The standard InChI is InChI=1S/C5H9ClN2/c1-4(2-3-7)5(6)8/h2-3H,7-8H2,1H3/b3-2-,5-4-. The Balaban J connectivity index is 4.00. The summed E-state index contributed by atoms with van der Waals surface area (Å²) in [6, 6.07) is 0. The average Bonchev–Trinajstić information content (AvgIpc) is 1.67. The van der Waals surface area contributed by atoms with E-state index < -0.39 is 0 Å². The van der Waals surface area contributed by atoms with Gasteiger partial charge < -0.3 is 11.5 Å². The Labute approximate surface area is 53.8 Å². The van der Waals surface area contributed by atoms with Crippen LogP contribution in [0, 0.1) is 0 Å². The van der Waals surface area contributed by atoms with Crippen molar-refractivity contribution in [3.63, 3.8) is 0 Å². The van der Waals surface area contributed by atoms with E-state index >= 15 is 0 Å². The maximum Gasteiger partial charge on any atom is 0.102 e. The lowest BCUT2D eigenvalue weighted by atomic mass is 10.3. The highest BCUT2D eigenvalue weighted by Crippen LogP contribution is 2.01. The summed E-state index contributed by atoms with van der Waals surface area (Å²) >= 11 is 5.36. The van der Waals surface area contributed by atoms with E-state index in [0.717, 1.165) is 5.57 Å². The summed E-state index contributed by atoms with van der Waals surface area (Å²) in [7, 11) is 0. The van der Waals surface area contributed by atoms with Crippen molar-refractivity contribution < 1.29 is 0 Å². The van der Waals surface area contributed by atoms with Crippen LogP contribution in [0.25, 0.3) is 0 Å². The van der Waals surface area contributed by atoms with Crippen molar-refractivity contribution in [2.45, 2.75) is 6.92 Å². The van der Waals surface area contributed by atoms with Crippen LogP contribution in [0.1, 0.15) is 6.92 Å². The largest absolute Gasteiger partial charge is 0.405 e. The van der Waals surface area contributed by atoms with Gasteiger partial charge in [-0.1, -0.05) is 11.6 Å². The molecule has 0 heterocycles. The molecule has 46 valence electrons. The molecule has 3 heteroatoms. The van der Waals surface area contributed by atoms with Gasteiger partial charge in [0.1, 0.15) is 5.16 Å². The van der Waals surface area contributed by atoms with E-state index in [9.17, 15) is 0 Å². The van der Waals surface area contributed by atoms with Gasteiger partial charge in [0, 0.05) is 0 Å². The first-order valence-electron chi connectivity index (χ1n) is 2.18. The third kappa shape index (κ3) is 2.53. The van der Waals surface area contributed by atoms with E-state index in [0.29, 0.717) is 0 Å². The van der Waals surface area contributed by atoms with Gasteiger partial charge in [-0.2, -0.15) is 0 Å². The van der Waals surface area contributed by atoms with Gasteiger partial charge >= 0.3 is 0 Å². The molecule has 0 saturated carbocycles. The van der Waals surface area contributed by atoms with E-state index in [2.05, 4.69) is 0 Å². The van der Waals surface area contributed by atoms with Gasteiger partial charge in [0.05, 0.1) is 0 Å². The predicted octanol–water partition coefficient (Wildman–Crippen LogP) is 0.888. The number of nitrogens with two attached hydrogens (primary N) is 2. The van der Waals surface area contributed by atoms with E-state index in [4.69, 9.17) is 23.1 Å². The van der Waals surface area contributed by atoms with Crippen LogP contribution in [-0.4, -0.2) is 0 Å². The van der Waals surface area contributed by atoms with Crippen LogP contribution in [0.2, 0.25) is 0 Å². The third-order valence-corrected chi connectivity index (χ3v) is 1.02. The molecule has 0 spiro atoms. The van der Waals surface area contributed by atoms with Crippen LogP contribution >= 0.6 is 11.6 Å². The molecule has 0 unspecified atom stereocenters. The van der Waals surface area contributed by atoms with Crippen molar-refractivity contribution >= 4 is 11.6 Å². The zero-order chi connectivity index (χ0) is 6.57. The van der Waals surface area contributed by atoms with Crippen LogP contribution in [0.4, 0.5) is 0 Å². The number of halogens is 1. The van der Waals surface area contributed by atoms with Crippen LogP contribution in [0.5, 0.6) is 0 Å². The fraction of sp³-hybridized carbons (Fsp3) is 0.200. The lowest BCUT2D eigenvalue weighted by Crippen LogP contribution is -1.90. The summed E-state index contributed by atoms with van der Waals surface area (Å²) in [4.78, 5) is 0. The van der Waals surface area contributed by atoms with E-state index in [-0.39, 0.29) is 5.16 Å². The maximum absolute atomic E-state index is 5.36. The van der Waals surface area contributed by atoms with Gasteiger partial charge in [-0.15, -0.1) is 0 Å². The minimum Gasteiger partial charge on any atom is -0.405 e. The van der Waals surface area contributed by atoms with Crippen molar-refractivity contribution in [2.24, 2.45) is 11.5 Å². The molecule has 2 nitrogen and oxygen atoms in total. The molecule has 0 aliphatic rings. The highest BCUT2D eigenvalue weighted by atomic mass is 35.5. The number of hydrogen-bond acceptors (Lipinski definition) is 2. The summed E-state index contributed by atoms with van der Waals surface area (Å²) in [5.74, 6) is 0. The Morgan fingerprint density at radius 3 is 2.25 bits per heavy atom. The topological polar surface area (TPSA) is 52.0 Å². The fourth-order valence-electron chi connectivity index (χ4n) is 0.224. The van der Waals surface area contributed by atoms with Gasteiger partial charge in [0.15, 0.2) is 0 Å². The third-order valence-electron chi connectivity index (χ3n) is 0.723. The molecular formula is C5H9ClN2. The van der Waals surface area contributed by atoms with Crippen LogP contribution < -0.4 is 11.5 Å². The molecule has 0 amide bonds. The summed E-state index contributed by atoms with van der Waals surface area (Å²) in [6.07, 6.45) is 3.03. The smallest absolute Gasteiger partial charge is 0.102 e. The molecular weight excluding hydrogens is 124 g/mol. The molecule has 0 bridgehead atoms. The van der Waals surface area contributed by atoms with Gasteiger partial charge in [-0.3, -0.25) is 0 Å². The minimum atomic E-state index is 0.284. The van der Waals surface area contributed by atoms with E-state index in [1.54, 1.807) is 13.0 Å². The van der Waals surface area contributed by atoms with Crippen molar-refractivity contribution in [3.8, 4) is 0 Å². The number of hydrogen-bond donors (Lipinski definition) is 2.